The number of carbonyl (C=O) groups is 2. The van der Waals surface area contributed by atoms with Crippen LogP contribution in [0.5, 0.6) is 0 Å². The summed E-state index contributed by atoms with van der Waals surface area (Å²) < 4.78 is 9.75. The molecular formula is C25H34O6. The first-order valence-electron chi connectivity index (χ1n) is 10.9. The molecule has 0 fully saturated rings. The van der Waals surface area contributed by atoms with E-state index in [1.807, 2.05) is 13.0 Å². The van der Waals surface area contributed by atoms with Crippen LogP contribution >= 0.6 is 0 Å². The van der Waals surface area contributed by atoms with Crippen molar-refractivity contribution in [1.29, 1.82) is 0 Å². The van der Waals surface area contributed by atoms with E-state index in [9.17, 15) is 19.8 Å². The van der Waals surface area contributed by atoms with Gasteiger partial charge in [0.05, 0.1) is 5.57 Å². The molecule has 2 rings (SSSR count). The Morgan fingerprint density at radius 3 is 2.45 bits per heavy atom. The average molecular weight is 431 g/mol. The van der Waals surface area contributed by atoms with E-state index in [1.54, 1.807) is 6.92 Å². The highest BCUT2D eigenvalue weighted by molar-refractivity contribution is 5.93. The maximum absolute atomic E-state index is 11.4. The minimum absolute atomic E-state index is 0.0521. The Bertz CT molecular complexity index is 840. The zero-order chi connectivity index (χ0) is 23.0. The van der Waals surface area contributed by atoms with Crippen molar-refractivity contribution < 1.29 is 29.3 Å². The van der Waals surface area contributed by atoms with Crippen LogP contribution in [0.3, 0.4) is 0 Å². The van der Waals surface area contributed by atoms with E-state index >= 15 is 0 Å². The molecule has 2 atom stereocenters. The van der Waals surface area contributed by atoms with Gasteiger partial charge >= 0.3 is 11.9 Å². The summed E-state index contributed by atoms with van der Waals surface area (Å²) in [7, 11) is 0. The van der Waals surface area contributed by atoms with E-state index in [-0.39, 0.29) is 23.0 Å². The molecule has 0 spiro atoms. The Balaban J connectivity index is 1.65. The molecule has 0 radical (unpaired) electrons. The van der Waals surface area contributed by atoms with E-state index in [4.69, 9.17) is 4.74 Å². The highest BCUT2D eigenvalue weighted by atomic mass is 16.6. The van der Waals surface area contributed by atoms with Crippen LogP contribution in [-0.2, 0) is 19.1 Å². The van der Waals surface area contributed by atoms with Gasteiger partial charge in [-0.3, -0.25) is 0 Å². The predicted octanol–water partition coefficient (Wildman–Crippen LogP) is 5.32. The molecule has 0 saturated heterocycles. The maximum Gasteiger partial charge on any atom is 0.343 e. The fourth-order valence-corrected chi connectivity index (χ4v) is 3.51. The molecule has 0 aromatic rings. The van der Waals surface area contributed by atoms with Crippen molar-refractivity contribution in [2.45, 2.75) is 78.9 Å². The van der Waals surface area contributed by atoms with Crippen LogP contribution in [-0.4, -0.2) is 28.4 Å². The lowest BCUT2D eigenvalue weighted by Gasteiger charge is -2.08. The maximum atomic E-state index is 11.4. The minimum Gasteiger partial charge on any atom is -0.504 e. The Kier molecular flexibility index (Phi) is 9.31. The molecule has 0 aliphatic carbocycles. The monoisotopic (exact) mass is 430 g/mol. The van der Waals surface area contributed by atoms with E-state index < -0.39 is 18.2 Å². The summed E-state index contributed by atoms with van der Waals surface area (Å²) in [6.07, 6.45) is 12.9. The van der Waals surface area contributed by atoms with Gasteiger partial charge in [0.2, 0.25) is 6.29 Å². The summed E-state index contributed by atoms with van der Waals surface area (Å²) in [6, 6.07) is 0. The topological polar surface area (TPSA) is 93.1 Å². The molecule has 1 unspecified atom stereocenters. The van der Waals surface area contributed by atoms with Crippen LogP contribution in [0.15, 0.2) is 58.1 Å². The molecule has 2 aliphatic rings. The fourth-order valence-electron chi connectivity index (χ4n) is 3.51. The molecule has 0 aromatic carbocycles. The Labute approximate surface area is 184 Å². The first kappa shape index (κ1) is 24.7. The van der Waals surface area contributed by atoms with Gasteiger partial charge in [-0.1, -0.05) is 30.2 Å². The lowest BCUT2D eigenvalue weighted by Crippen LogP contribution is -2.09. The van der Waals surface area contributed by atoms with Gasteiger partial charge in [0, 0.05) is 11.6 Å². The van der Waals surface area contributed by atoms with Gasteiger partial charge in [-0.15, -0.1) is 0 Å². The number of esters is 2. The van der Waals surface area contributed by atoms with Gasteiger partial charge in [0.15, 0.2) is 11.5 Å². The molecule has 6 nitrogen and oxygen atoms in total. The van der Waals surface area contributed by atoms with E-state index in [0.29, 0.717) is 12.0 Å². The molecular weight excluding hydrogens is 396 g/mol. The van der Waals surface area contributed by atoms with E-state index in [1.165, 1.54) is 17.2 Å². The third kappa shape index (κ3) is 7.87. The second-order valence-electron chi connectivity index (χ2n) is 8.45. The van der Waals surface area contributed by atoms with Gasteiger partial charge in [0.25, 0.3) is 0 Å². The normalized spacial score (nSPS) is 22.2. The number of allylic oxidation sites excluding steroid dienone is 5. The summed E-state index contributed by atoms with van der Waals surface area (Å²) in [6.45, 7) is 7.84. The molecule has 0 saturated carbocycles. The minimum atomic E-state index is -1.07. The lowest BCUT2D eigenvalue weighted by atomic mass is 10.0. The van der Waals surface area contributed by atoms with Gasteiger partial charge in [-0.2, -0.15) is 0 Å². The quantitative estimate of drug-likeness (QED) is 0.340. The number of aliphatic hydroxyl groups is 2. The van der Waals surface area contributed by atoms with Crippen molar-refractivity contribution in [2.24, 2.45) is 5.92 Å². The molecule has 0 amide bonds. The second-order valence-corrected chi connectivity index (χ2v) is 8.45. The zero-order valence-corrected chi connectivity index (χ0v) is 18.9. The molecule has 0 aromatic heterocycles. The number of ether oxygens (including phenoxy) is 2. The van der Waals surface area contributed by atoms with Crippen molar-refractivity contribution >= 4 is 11.9 Å². The van der Waals surface area contributed by atoms with Crippen molar-refractivity contribution in [3.8, 4) is 0 Å². The van der Waals surface area contributed by atoms with Gasteiger partial charge in [-0.05, 0) is 77.7 Å². The van der Waals surface area contributed by atoms with Gasteiger partial charge in [-0.25, -0.2) is 9.59 Å². The van der Waals surface area contributed by atoms with Crippen LogP contribution in [0.4, 0.5) is 0 Å². The number of aliphatic hydroxyl groups excluding tert-OH is 2. The molecule has 2 N–H and O–H groups in total. The Hall–Kier alpha value is -2.60. The predicted molar refractivity (Wildman–Crippen MR) is 119 cm³/mol. The first-order chi connectivity index (χ1) is 14.7. The zero-order valence-electron chi connectivity index (χ0n) is 18.9. The van der Waals surface area contributed by atoms with Crippen molar-refractivity contribution in [3.05, 3.63) is 58.1 Å². The summed E-state index contributed by atoms with van der Waals surface area (Å²) >= 11 is 0. The molecule has 31 heavy (non-hydrogen) atoms. The van der Waals surface area contributed by atoms with Crippen LogP contribution in [0.1, 0.15) is 72.6 Å². The van der Waals surface area contributed by atoms with Gasteiger partial charge < -0.3 is 19.7 Å². The fraction of sp³-hybridized carbons (Fsp3) is 0.520. The van der Waals surface area contributed by atoms with Crippen molar-refractivity contribution in [3.63, 3.8) is 0 Å². The number of hydrogen-bond acceptors (Lipinski definition) is 6. The van der Waals surface area contributed by atoms with Crippen molar-refractivity contribution in [1.82, 2.24) is 0 Å². The van der Waals surface area contributed by atoms with Crippen molar-refractivity contribution in [2.75, 3.05) is 0 Å². The lowest BCUT2D eigenvalue weighted by molar-refractivity contribution is -0.151. The third-order valence-electron chi connectivity index (χ3n) is 5.56. The largest absolute Gasteiger partial charge is 0.504 e. The third-order valence-corrected chi connectivity index (χ3v) is 5.56. The van der Waals surface area contributed by atoms with Crippen LogP contribution in [0.2, 0.25) is 0 Å². The standard InChI is InChI=1S/C25H34O6/c1-16(10-6-12-18(3)14-21-23(27)19(4)24(28)30-21)8-5-9-17(2)11-7-13-20-15-22(26)31-25(20)29/h9-10,14-15,18,25,27,29H,5-8,11-13H2,1-4H3/b16-10-,17-9-,21-14-/t18-,25?/m1/s1. The molecule has 2 heterocycles. The summed E-state index contributed by atoms with van der Waals surface area (Å²) in [5.41, 5.74) is 3.57. The molecule has 6 heteroatoms. The Morgan fingerprint density at radius 1 is 1.16 bits per heavy atom. The summed E-state index contributed by atoms with van der Waals surface area (Å²) in [5, 5.41) is 19.4. The number of carbonyl (C=O) groups excluding carboxylic acids is 2. The second kappa shape index (κ2) is 11.7. The van der Waals surface area contributed by atoms with Gasteiger partial charge in [0.1, 0.15) is 0 Å². The number of rotatable bonds is 11. The van der Waals surface area contributed by atoms with Crippen LogP contribution < -0.4 is 0 Å². The number of cyclic esters (lactones) is 2. The van der Waals surface area contributed by atoms with Crippen LogP contribution in [0, 0.1) is 5.92 Å². The SMILES string of the molecule is CC1=C(O)/C(=C/[C@H](C)CC/C=C(/C)CC/C=C(/C)CCCC2=CC(=O)OC2O)OC1=O. The van der Waals surface area contributed by atoms with Crippen LogP contribution in [0.25, 0.3) is 0 Å². The summed E-state index contributed by atoms with van der Waals surface area (Å²) in [5.74, 6) is -0.531. The van der Waals surface area contributed by atoms with E-state index in [2.05, 4.69) is 30.7 Å². The molecule has 2 aliphatic heterocycles. The smallest absolute Gasteiger partial charge is 0.343 e. The average Bonchev–Trinajstić information content (AvgIpc) is 3.14. The number of hydrogen-bond donors (Lipinski definition) is 2. The molecule has 0 bridgehead atoms. The summed E-state index contributed by atoms with van der Waals surface area (Å²) in [4.78, 5) is 22.5. The highest BCUT2D eigenvalue weighted by Gasteiger charge is 2.26. The van der Waals surface area contributed by atoms with E-state index in [0.717, 1.165) is 38.5 Å². The Morgan fingerprint density at radius 2 is 1.84 bits per heavy atom. The molecule has 170 valence electrons. The highest BCUT2D eigenvalue weighted by Crippen LogP contribution is 2.26. The first-order valence-corrected chi connectivity index (χ1v) is 10.9.